The van der Waals surface area contributed by atoms with Crippen LogP contribution in [0, 0.1) is 13.8 Å². The third kappa shape index (κ3) is 3.24. The highest BCUT2D eigenvalue weighted by Crippen LogP contribution is 2.19. The van der Waals surface area contributed by atoms with Crippen LogP contribution in [-0.2, 0) is 4.74 Å². The van der Waals surface area contributed by atoms with E-state index in [1.807, 2.05) is 23.8 Å². The summed E-state index contributed by atoms with van der Waals surface area (Å²) in [4.78, 5) is 12.0. The SMILES string of the molecule is COC(CNC(=O)c1cc(C)oc1C)c1ccsc1. The van der Waals surface area contributed by atoms with Gasteiger partial charge in [0.05, 0.1) is 5.56 Å². The van der Waals surface area contributed by atoms with Crippen molar-refractivity contribution in [3.05, 3.63) is 45.5 Å². The molecule has 0 saturated heterocycles. The monoisotopic (exact) mass is 279 g/mol. The van der Waals surface area contributed by atoms with Crippen molar-refractivity contribution in [2.75, 3.05) is 13.7 Å². The Labute approximate surface area is 116 Å². The summed E-state index contributed by atoms with van der Waals surface area (Å²) < 4.78 is 10.7. The Kier molecular flexibility index (Phi) is 4.39. The van der Waals surface area contributed by atoms with Crippen LogP contribution in [0.2, 0.25) is 0 Å². The fourth-order valence-corrected chi connectivity index (χ4v) is 2.63. The summed E-state index contributed by atoms with van der Waals surface area (Å²) >= 11 is 1.61. The first-order valence-corrected chi connectivity index (χ1v) is 6.96. The maximum atomic E-state index is 12.0. The van der Waals surface area contributed by atoms with Crippen LogP contribution in [0.5, 0.6) is 0 Å². The number of amides is 1. The van der Waals surface area contributed by atoms with E-state index in [4.69, 9.17) is 9.15 Å². The summed E-state index contributed by atoms with van der Waals surface area (Å²) in [6.07, 6.45) is -0.122. The Morgan fingerprint density at radius 3 is 2.84 bits per heavy atom. The maximum absolute atomic E-state index is 12.0. The van der Waals surface area contributed by atoms with Crippen LogP contribution in [0.25, 0.3) is 0 Å². The highest BCUT2D eigenvalue weighted by molar-refractivity contribution is 7.07. The minimum Gasteiger partial charge on any atom is -0.466 e. The van der Waals surface area contributed by atoms with Crippen molar-refractivity contribution in [1.29, 1.82) is 0 Å². The van der Waals surface area contributed by atoms with Crippen LogP contribution < -0.4 is 5.32 Å². The molecule has 1 unspecified atom stereocenters. The van der Waals surface area contributed by atoms with Gasteiger partial charge in [0.2, 0.25) is 0 Å². The van der Waals surface area contributed by atoms with Gasteiger partial charge in [-0.05, 0) is 42.3 Å². The lowest BCUT2D eigenvalue weighted by atomic mass is 10.2. The van der Waals surface area contributed by atoms with E-state index >= 15 is 0 Å². The van der Waals surface area contributed by atoms with Gasteiger partial charge in [-0.3, -0.25) is 4.79 Å². The molecule has 2 aromatic heterocycles. The Hall–Kier alpha value is -1.59. The molecule has 0 aliphatic carbocycles. The molecular formula is C14H17NO3S. The Bertz CT molecular complexity index is 545. The molecule has 0 fully saturated rings. The van der Waals surface area contributed by atoms with Gasteiger partial charge in [-0.1, -0.05) is 0 Å². The molecule has 0 aliphatic heterocycles. The first-order chi connectivity index (χ1) is 9.11. The number of thiophene rings is 1. The summed E-state index contributed by atoms with van der Waals surface area (Å²) in [6, 6.07) is 3.75. The zero-order chi connectivity index (χ0) is 13.8. The second-order valence-corrected chi connectivity index (χ2v) is 5.10. The van der Waals surface area contributed by atoms with Crippen molar-refractivity contribution in [2.24, 2.45) is 0 Å². The molecule has 19 heavy (non-hydrogen) atoms. The molecule has 0 bridgehead atoms. The zero-order valence-electron chi connectivity index (χ0n) is 11.2. The average molecular weight is 279 g/mol. The Morgan fingerprint density at radius 1 is 1.53 bits per heavy atom. The smallest absolute Gasteiger partial charge is 0.254 e. The molecule has 102 valence electrons. The average Bonchev–Trinajstić information content (AvgIpc) is 3.00. The summed E-state index contributed by atoms with van der Waals surface area (Å²) in [5.41, 5.74) is 1.66. The quantitative estimate of drug-likeness (QED) is 0.915. The van der Waals surface area contributed by atoms with E-state index in [0.29, 0.717) is 17.9 Å². The van der Waals surface area contributed by atoms with Gasteiger partial charge < -0.3 is 14.5 Å². The standard InChI is InChI=1S/C14H17NO3S/c1-9-6-12(10(2)18-9)14(16)15-7-13(17-3)11-4-5-19-8-11/h4-6,8,13H,7H2,1-3H3,(H,15,16). The van der Waals surface area contributed by atoms with E-state index in [2.05, 4.69) is 5.32 Å². The second-order valence-electron chi connectivity index (χ2n) is 4.32. The highest BCUT2D eigenvalue weighted by Gasteiger charge is 2.16. The first-order valence-electron chi connectivity index (χ1n) is 6.02. The highest BCUT2D eigenvalue weighted by atomic mass is 32.1. The third-order valence-corrected chi connectivity index (χ3v) is 3.63. The van der Waals surface area contributed by atoms with E-state index in [9.17, 15) is 4.79 Å². The number of furan rings is 1. The second kappa shape index (κ2) is 6.04. The van der Waals surface area contributed by atoms with Crippen LogP contribution in [0.15, 0.2) is 27.3 Å². The molecule has 1 amide bonds. The number of hydrogen-bond donors (Lipinski definition) is 1. The van der Waals surface area contributed by atoms with E-state index < -0.39 is 0 Å². The van der Waals surface area contributed by atoms with Gasteiger partial charge in [0, 0.05) is 13.7 Å². The predicted molar refractivity (Wildman–Crippen MR) is 74.6 cm³/mol. The molecule has 0 spiro atoms. The topological polar surface area (TPSA) is 51.5 Å². The van der Waals surface area contributed by atoms with Crippen molar-refractivity contribution < 1.29 is 13.9 Å². The number of aryl methyl sites for hydroxylation is 2. The number of nitrogens with one attached hydrogen (secondary N) is 1. The molecule has 5 heteroatoms. The lowest BCUT2D eigenvalue weighted by molar-refractivity contribution is 0.0828. The molecule has 0 radical (unpaired) electrons. The lowest BCUT2D eigenvalue weighted by Gasteiger charge is -2.14. The zero-order valence-corrected chi connectivity index (χ0v) is 12.0. The van der Waals surface area contributed by atoms with Crippen molar-refractivity contribution in [1.82, 2.24) is 5.32 Å². The lowest BCUT2D eigenvalue weighted by Crippen LogP contribution is -2.29. The molecule has 0 saturated carbocycles. The van der Waals surface area contributed by atoms with E-state index in [1.165, 1.54) is 0 Å². The molecule has 4 nitrogen and oxygen atoms in total. The van der Waals surface area contributed by atoms with Gasteiger partial charge in [-0.2, -0.15) is 11.3 Å². The van der Waals surface area contributed by atoms with Gasteiger partial charge >= 0.3 is 0 Å². The largest absolute Gasteiger partial charge is 0.466 e. The van der Waals surface area contributed by atoms with Crippen LogP contribution >= 0.6 is 11.3 Å². The summed E-state index contributed by atoms with van der Waals surface area (Å²) in [5, 5.41) is 6.89. The molecule has 2 rings (SSSR count). The minimum atomic E-state index is -0.133. The molecule has 0 aromatic carbocycles. The van der Waals surface area contributed by atoms with Crippen molar-refractivity contribution >= 4 is 17.2 Å². The first kappa shape index (κ1) is 13.8. The molecule has 1 atom stereocenters. The molecule has 2 heterocycles. The summed E-state index contributed by atoms with van der Waals surface area (Å²) in [5.74, 6) is 1.25. The fourth-order valence-electron chi connectivity index (χ4n) is 1.93. The number of carbonyl (C=O) groups is 1. The maximum Gasteiger partial charge on any atom is 0.254 e. The predicted octanol–water partition coefficient (Wildman–Crippen LogP) is 3.08. The molecule has 2 aromatic rings. The molecule has 1 N–H and O–H groups in total. The molecule has 0 aliphatic rings. The summed E-state index contributed by atoms with van der Waals surface area (Å²) in [7, 11) is 1.64. The van der Waals surface area contributed by atoms with Crippen LogP contribution in [0.4, 0.5) is 0 Å². The van der Waals surface area contributed by atoms with Gasteiger partial charge in [0.25, 0.3) is 5.91 Å². The third-order valence-electron chi connectivity index (χ3n) is 2.93. The van der Waals surface area contributed by atoms with Crippen LogP contribution in [0.1, 0.15) is 33.5 Å². The fraction of sp³-hybridized carbons (Fsp3) is 0.357. The Morgan fingerprint density at radius 2 is 2.32 bits per heavy atom. The van der Waals surface area contributed by atoms with Gasteiger partial charge in [0.15, 0.2) is 0 Å². The summed E-state index contributed by atoms with van der Waals surface area (Å²) in [6.45, 7) is 4.05. The number of rotatable bonds is 5. The number of carbonyl (C=O) groups excluding carboxylic acids is 1. The van der Waals surface area contributed by atoms with Crippen molar-refractivity contribution in [3.8, 4) is 0 Å². The minimum absolute atomic E-state index is 0.122. The number of hydrogen-bond acceptors (Lipinski definition) is 4. The van der Waals surface area contributed by atoms with Crippen molar-refractivity contribution in [3.63, 3.8) is 0 Å². The van der Waals surface area contributed by atoms with Gasteiger partial charge in [0.1, 0.15) is 17.6 Å². The van der Waals surface area contributed by atoms with Crippen LogP contribution in [-0.4, -0.2) is 19.6 Å². The van der Waals surface area contributed by atoms with E-state index in [0.717, 1.165) is 11.3 Å². The number of ether oxygens (including phenoxy) is 1. The Balaban J connectivity index is 1.98. The number of methoxy groups -OCH3 is 1. The van der Waals surface area contributed by atoms with Gasteiger partial charge in [-0.15, -0.1) is 0 Å². The normalized spacial score (nSPS) is 12.4. The van der Waals surface area contributed by atoms with Gasteiger partial charge in [-0.25, -0.2) is 0 Å². The van der Waals surface area contributed by atoms with E-state index in [1.54, 1.807) is 31.4 Å². The molecular weight excluding hydrogens is 262 g/mol. The van der Waals surface area contributed by atoms with Crippen molar-refractivity contribution in [2.45, 2.75) is 20.0 Å². The van der Waals surface area contributed by atoms with Crippen LogP contribution in [0.3, 0.4) is 0 Å². The van der Waals surface area contributed by atoms with E-state index in [-0.39, 0.29) is 12.0 Å².